The number of hydrogen-bond donors (Lipinski definition) is 1. The Balaban J connectivity index is 2.07. The molecule has 1 N–H and O–H groups in total. The third-order valence-electron chi connectivity index (χ3n) is 3.63. The molecule has 2 amide bonds. The van der Waals surface area contributed by atoms with Crippen LogP contribution < -0.4 is 15.0 Å². The summed E-state index contributed by atoms with van der Waals surface area (Å²) in [5, 5.41) is 3.44. The van der Waals surface area contributed by atoms with E-state index in [0.717, 1.165) is 0 Å². The van der Waals surface area contributed by atoms with Gasteiger partial charge in [0, 0.05) is 19.9 Å². The number of carbonyl (C=O) groups excluding carboxylic acids is 2. The van der Waals surface area contributed by atoms with Gasteiger partial charge in [0.1, 0.15) is 5.75 Å². The summed E-state index contributed by atoms with van der Waals surface area (Å²) in [4.78, 5) is 25.7. The van der Waals surface area contributed by atoms with Crippen molar-refractivity contribution in [1.29, 1.82) is 0 Å². The average molecular weight is 395 g/mol. The maximum absolute atomic E-state index is 12.3. The molecule has 0 aliphatic carbocycles. The smallest absolute Gasteiger partial charge is 0.226 e. The zero-order chi connectivity index (χ0) is 19.1. The number of nitrogens with one attached hydrogen (secondary N) is 1. The highest BCUT2D eigenvalue weighted by Gasteiger charge is 2.18. The maximum atomic E-state index is 12.3. The number of benzene rings is 2. The standard InChI is InChI=1S/C19H20Cl2N2O3/c1-3-26-17-10-5-4-8-15(17)22-18(25)11-12-23(13(2)24)16-9-6-7-14(20)19(16)21/h4-10H,3,11-12H2,1-2H3,(H,22,25). The van der Waals surface area contributed by atoms with Gasteiger partial charge in [-0.2, -0.15) is 0 Å². The molecular weight excluding hydrogens is 375 g/mol. The zero-order valence-electron chi connectivity index (χ0n) is 14.6. The Labute approximate surface area is 162 Å². The van der Waals surface area contributed by atoms with Crippen LogP contribution in [-0.2, 0) is 9.59 Å². The molecule has 0 heterocycles. The van der Waals surface area contributed by atoms with Crippen molar-refractivity contribution in [1.82, 2.24) is 0 Å². The number of ether oxygens (including phenoxy) is 1. The average Bonchev–Trinajstić information content (AvgIpc) is 2.60. The van der Waals surface area contributed by atoms with Crippen LogP contribution in [0.5, 0.6) is 5.75 Å². The molecule has 0 aliphatic rings. The van der Waals surface area contributed by atoms with Crippen LogP contribution in [0.15, 0.2) is 42.5 Å². The summed E-state index contributed by atoms with van der Waals surface area (Å²) in [7, 11) is 0. The molecule has 0 saturated carbocycles. The van der Waals surface area contributed by atoms with Crippen LogP contribution in [0.2, 0.25) is 10.0 Å². The minimum atomic E-state index is -0.235. The molecule has 0 aromatic heterocycles. The fourth-order valence-corrected chi connectivity index (χ4v) is 2.82. The summed E-state index contributed by atoms with van der Waals surface area (Å²) in [5.74, 6) is 0.142. The Morgan fingerprint density at radius 1 is 1.12 bits per heavy atom. The van der Waals surface area contributed by atoms with Crippen molar-refractivity contribution in [2.45, 2.75) is 20.3 Å². The van der Waals surface area contributed by atoms with E-state index in [4.69, 9.17) is 27.9 Å². The Kier molecular flexibility index (Phi) is 7.30. The Hall–Kier alpha value is -2.24. The van der Waals surface area contributed by atoms with Crippen molar-refractivity contribution in [2.75, 3.05) is 23.4 Å². The van der Waals surface area contributed by atoms with E-state index in [0.29, 0.717) is 28.8 Å². The van der Waals surface area contributed by atoms with Gasteiger partial charge in [-0.3, -0.25) is 9.59 Å². The second-order valence-electron chi connectivity index (χ2n) is 5.47. The van der Waals surface area contributed by atoms with Gasteiger partial charge in [-0.15, -0.1) is 0 Å². The van der Waals surface area contributed by atoms with E-state index in [9.17, 15) is 9.59 Å². The summed E-state index contributed by atoms with van der Waals surface area (Å²) in [6.07, 6.45) is 0.100. The van der Waals surface area contributed by atoms with Crippen LogP contribution in [0.1, 0.15) is 20.3 Å². The molecular formula is C19H20Cl2N2O3. The molecule has 0 aliphatic heterocycles. The molecule has 0 fully saturated rings. The third-order valence-corrected chi connectivity index (χ3v) is 4.43. The zero-order valence-corrected chi connectivity index (χ0v) is 16.1. The molecule has 138 valence electrons. The molecule has 5 nitrogen and oxygen atoms in total. The van der Waals surface area contributed by atoms with E-state index in [2.05, 4.69) is 5.32 Å². The maximum Gasteiger partial charge on any atom is 0.226 e. The first-order valence-electron chi connectivity index (χ1n) is 8.17. The van der Waals surface area contributed by atoms with E-state index in [-0.39, 0.29) is 29.8 Å². The van der Waals surface area contributed by atoms with Crippen LogP contribution in [0.4, 0.5) is 11.4 Å². The number of para-hydroxylation sites is 2. The molecule has 0 saturated heterocycles. The van der Waals surface area contributed by atoms with E-state index in [1.165, 1.54) is 11.8 Å². The lowest BCUT2D eigenvalue weighted by atomic mass is 10.2. The van der Waals surface area contributed by atoms with E-state index < -0.39 is 0 Å². The fraction of sp³-hybridized carbons (Fsp3) is 0.263. The van der Waals surface area contributed by atoms with Gasteiger partial charge in [-0.05, 0) is 31.2 Å². The van der Waals surface area contributed by atoms with Gasteiger partial charge >= 0.3 is 0 Å². The van der Waals surface area contributed by atoms with Crippen molar-refractivity contribution in [3.05, 3.63) is 52.5 Å². The van der Waals surface area contributed by atoms with Crippen LogP contribution in [0, 0.1) is 0 Å². The van der Waals surface area contributed by atoms with Gasteiger partial charge in [0.2, 0.25) is 11.8 Å². The first kappa shape index (κ1) is 20.1. The van der Waals surface area contributed by atoms with Gasteiger partial charge in [-0.25, -0.2) is 0 Å². The highest BCUT2D eigenvalue weighted by molar-refractivity contribution is 6.44. The summed E-state index contributed by atoms with van der Waals surface area (Å²) >= 11 is 12.2. The van der Waals surface area contributed by atoms with Crippen LogP contribution in [0.3, 0.4) is 0 Å². The second-order valence-corrected chi connectivity index (χ2v) is 6.26. The van der Waals surface area contributed by atoms with Gasteiger partial charge < -0.3 is 15.0 Å². The summed E-state index contributed by atoms with van der Waals surface area (Å²) in [5.41, 5.74) is 1.07. The van der Waals surface area contributed by atoms with Crippen molar-refractivity contribution in [3.63, 3.8) is 0 Å². The van der Waals surface area contributed by atoms with Gasteiger partial charge in [0.05, 0.1) is 28.0 Å². The van der Waals surface area contributed by atoms with Crippen LogP contribution in [-0.4, -0.2) is 25.0 Å². The second kappa shape index (κ2) is 9.46. The highest BCUT2D eigenvalue weighted by Crippen LogP contribution is 2.32. The minimum Gasteiger partial charge on any atom is -0.492 e. The molecule has 0 spiro atoms. The fourth-order valence-electron chi connectivity index (χ4n) is 2.43. The largest absolute Gasteiger partial charge is 0.492 e. The van der Waals surface area contributed by atoms with Crippen molar-refractivity contribution in [3.8, 4) is 5.75 Å². The lowest BCUT2D eigenvalue weighted by molar-refractivity contribution is -0.117. The summed E-state index contributed by atoms with van der Waals surface area (Å²) in [6, 6.07) is 12.2. The monoisotopic (exact) mass is 394 g/mol. The molecule has 2 aromatic rings. The lowest BCUT2D eigenvalue weighted by Crippen LogP contribution is -2.32. The number of anilines is 2. The molecule has 7 heteroatoms. The number of amides is 2. The van der Waals surface area contributed by atoms with E-state index >= 15 is 0 Å². The van der Waals surface area contributed by atoms with Crippen molar-refractivity contribution in [2.24, 2.45) is 0 Å². The SMILES string of the molecule is CCOc1ccccc1NC(=O)CCN(C(C)=O)c1cccc(Cl)c1Cl. The summed E-state index contributed by atoms with van der Waals surface area (Å²) in [6.45, 7) is 3.97. The number of nitrogens with zero attached hydrogens (tertiary/aromatic N) is 1. The molecule has 0 bridgehead atoms. The normalized spacial score (nSPS) is 10.3. The number of carbonyl (C=O) groups is 2. The molecule has 26 heavy (non-hydrogen) atoms. The van der Waals surface area contributed by atoms with Crippen molar-refractivity contribution < 1.29 is 14.3 Å². The predicted octanol–water partition coefficient (Wildman–Crippen LogP) is 4.77. The third kappa shape index (κ3) is 5.13. The Bertz CT molecular complexity index is 796. The number of hydrogen-bond acceptors (Lipinski definition) is 3. The van der Waals surface area contributed by atoms with Gasteiger partial charge in [0.15, 0.2) is 0 Å². The molecule has 0 radical (unpaired) electrons. The van der Waals surface area contributed by atoms with Crippen molar-refractivity contribution >= 4 is 46.4 Å². The molecule has 0 unspecified atom stereocenters. The highest BCUT2D eigenvalue weighted by atomic mass is 35.5. The molecule has 2 rings (SSSR count). The Morgan fingerprint density at radius 3 is 2.54 bits per heavy atom. The first-order valence-corrected chi connectivity index (χ1v) is 8.93. The Morgan fingerprint density at radius 2 is 1.85 bits per heavy atom. The first-order chi connectivity index (χ1) is 12.4. The van der Waals surface area contributed by atoms with Crippen LogP contribution >= 0.6 is 23.2 Å². The number of rotatable bonds is 7. The minimum absolute atomic E-state index is 0.100. The lowest BCUT2D eigenvalue weighted by Gasteiger charge is -2.22. The number of halogens is 2. The topological polar surface area (TPSA) is 58.6 Å². The summed E-state index contributed by atoms with van der Waals surface area (Å²) < 4.78 is 5.49. The quantitative estimate of drug-likeness (QED) is 0.735. The van der Waals surface area contributed by atoms with Gasteiger partial charge in [-0.1, -0.05) is 41.4 Å². The molecule has 0 atom stereocenters. The van der Waals surface area contributed by atoms with E-state index in [1.54, 1.807) is 30.3 Å². The van der Waals surface area contributed by atoms with Gasteiger partial charge in [0.25, 0.3) is 0 Å². The predicted molar refractivity (Wildman–Crippen MR) is 105 cm³/mol. The van der Waals surface area contributed by atoms with Crippen LogP contribution in [0.25, 0.3) is 0 Å². The van der Waals surface area contributed by atoms with E-state index in [1.807, 2.05) is 19.1 Å². The molecule has 2 aromatic carbocycles.